The first kappa shape index (κ1) is 20.6. The van der Waals surface area contributed by atoms with E-state index in [1.165, 1.54) is 12.1 Å². The third-order valence-corrected chi connectivity index (χ3v) is 5.51. The van der Waals surface area contributed by atoms with Gasteiger partial charge in [-0.25, -0.2) is 13.6 Å². The Hall–Kier alpha value is -3.70. The molecule has 0 bridgehead atoms. The molecule has 0 spiro atoms. The number of nitrogens with two attached hydrogens (primary N) is 1. The van der Waals surface area contributed by atoms with Crippen LogP contribution in [0.2, 0.25) is 0 Å². The van der Waals surface area contributed by atoms with Crippen LogP contribution in [-0.2, 0) is 23.7 Å². The third kappa shape index (κ3) is 4.42. The van der Waals surface area contributed by atoms with E-state index >= 15 is 0 Å². The third-order valence-electron chi connectivity index (χ3n) is 4.58. The standard InChI is InChI=1S/C20H19N5O5S/c1-25-18(12-29-15-5-3-4-14(10-15)28-2)17(11-22-25)20-23-19(24-30-20)13-6-8-16(9-7-13)31(21,26)27/h3-11H,12H2,1-2H3,(H2,21,26,27). The predicted molar refractivity (Wildman–Crippen MR) is 111 cm³/mol. The summed E-state index contributed by atoms with van der Waals surface area (Å²) in [5.74, 6) is 1.91. The molecule has 0 aliphatic rings. The Morgan fingerprint density at radius 3 is 2.58 bits per heavy atom. The molecule has 4 rings (SSSR count). The van der Waals surface area contributed by atoms with E-state index in [0.717, 1.165) is 5.69 Å². The molecule has 0 unspecified atom stereocenters. The van der Waals surface area contributed by atoms with Crippen molar-refractivity contribution in [3.8, 4) is 34.3 Å². The first-order valence-electron chi connectivity index (χ1n) is 9.10. The lowest BCUT2D eigenvalue weighted by atomic mass is 10.2. The molecule has 0 aliphatic carbocycles. The predicted octanol–water partition coefficient (Wildman–Crippen LogP) is 2.37. The summed E-state index contributed by atoms with van der Waals surface area (Å²) in [5, 5.41) is 13.4. The molecule has 11 heteroatoms. The maximum atomic E-state index is 11.4. The van der Waals surface area contributed by atoms with Gasteiger partial charge in [-0.15, -0.1) is 0 Å². The molecule has 2 aromatic heterocycles. The Balaban J connectivity index is 1.57. The zero-order chi connectivity index (χ0) is 22.0. The summed E-state index contributed by atoms with van der Waals surface area (Å²) in [6, 6.07) is 13.2. The maximum absolute atomic E-state index is 11.4. The van der Waals surface area contributed by atoms with Crippen LogP contribution in [0.5, 0.6) is 11.5 Å². The molecule has 2 N–H and O–H groups in total. The minimum absolute atomic E-state index is 0.00389. The summed E-state index contributed by atoms with van der Waals surface area (Å²) < 4.78 is 41.0. The van der Waals surface area contributed by atoms with Gasteiger partial charge in [-0.05, 0) is 36.4 Å². The summed E-state index contributed by atoms with van der Waals surface area (Å²) in [6.45, 7) is 0.222. The Morgan fingerprint density at radius 2 is 1.87 bits per heavy atom. The highest BCUT2D eigenvalue weighted by Gasteiger charge is 2.19. The van der Waals surface area contributed by atoms with Crippen LogP contribution in [0.15, 0.2) is 64.1 Å². The second-order valence-electron chi connectivity index (χ2n) is 6.59. The monoisotopic (exact) mass is 441 g/mol. The molecule has 31 heavy (non-hydrogen) atoms. The first-order valence-corrected chi connectivity index (χ1v) is 10.6. The number of hydrogen-bond acceptors (Lipinski definition) is 8. The van der Waals surface area contributed by atoms with E-state index in [4.69, 9.17) is 19.1 Å². The second-order valence-corrected chi connectivity index (χ2v) is 8.15. The minimum Gasteiger partial charge on any atom is -0.497 e. The fourth-order valence-electron chi connectivity index (χ4n) is 2.90. The molecule has 2 heterocycles. The number of methoxy groups -OCH3 is 1. The largest absolute Gasteiger partial charge is 0.497 e. The van der Waals surface area contributed by atoms with Gasteiger partial charge in [-0.1, -0.05) is 11.2 Å². The Morgan fingerprint density at radius 1 is 1.13 bits per heavy atom. The Labute approximate surface area is 178 Å². The molecule has 0 radical (unpaired) electrons. The van der Waals surface area contributed by atoms with Gasteiger partial charge in [0.2, 0.25) is 15.8 Å². The topological polar surface area (TPSA) is 135 Å². The zero-order valence-corrected chi connectivity index (χ0v) is 17.5. The van der Waals surface area contributed by atoms with Gasteiger partial charge in [0.25, 0.3) is 5.89 Å². The van der Waals surface area contributed by atoms with E-state index in [2.05, 4.69) is 15.2 Å². The molecular weight excluding hydrogens is 422 g/mol. The van der Waals surface area contributed by atoms with Crippen molar-refractivity contribution >= 4 is 10.0 Å². The van der Waals surface area contributed by atoms with Crippen LogP contribution < -0.4 is 14.6 Å². The molecule has 10 nitrogen and oxygen atoms in total. The second kappa shape index (κ2) is 8.20. The molecule has 0 aliphatic heterocycles. The van der Waals surface area contributed by atoms with Gasteiger partial charge in [-0.3, -0.25) is 4.68 Å². The summed E-state index contributed by atoms with van der Waals surface area (Å²) in [4.78, 5) is 4.42. The molecule has 0 fully saturated rings. The Kier molecular flexibility index (Phi) is 5.44. The number of hydrogen-bond donors (Lipinski definition) is 1. The van der Waals surface area contributed by atoms with Crippen LogP contribution in [0, 0.1) is 0 Å². The van der Waals surface area contributed by atoms with Gasteiger partial charge in [0, 0.05) is 18.7 Å². The number of sulfonamides is 1. The first-order chi connectivity index (χ1) is 14.8. The summed E-state index contributed by atoms with van der Waals surface area (Å²) >= 11 is 0. The quantitative estimate of drug-likeness (QED) is 0.462. The summed E-state index contributed by atoms with van der Waals surface area (Å²) in [7, 11) is -0.393. The number of benzene rings is 2. The number of primary sulfonamides is 1. The van der Waals surface area contributed by atoms with Crippen molar-refractivity contribution in [2.45, 2.75) is 11.5 Å². The van der Waals surface area contributed by atoms with Crippen molar-refractivity contribution in [3.05, 3.63) is 60.4 Å². The van der Waals surface area contributed by atoms with Crippen molar-refractivity contribution in [1.82, 2.24) is 19.9 Å². The van der Waals surface area contributed by atoms with Gasteiger partial charge in [0.1, 0.15) is 18.1 Å². The number of nitrogens with zero attached hydrogens (tertiary/aromatic N) is 4. The van der Waals surface area contributed by atoms with Gasteiger partial charge in [-0.2, -0.15) is 10.1 Å². The lowest BCUT2D eigenvalue weighted by molar-refractivity contribution is 0.292. The Bertz CT molecular complexity index is 1310. The van der Waals surface area contributed by atoms with Gasteiger partial charge >= 0.3 is 0 Å². The average Bonchev–Trinajstić information content (AvgIpc) is 3.38. The molecule has 0 atom stereocenters. The van der Waals surface area contributed by atoms with Crippen molar-refractivity contribution in [1.29, 1.82) is 0 Å². The van der Waals surface area contributed by atoms with Gasteiger partial charge in [0.05, 0.1) is 29.5 Å². The average molecular weight is 441 g/mol. The number of rotatable bonds is 7. The van der Waals surface area contributed by atoms with E-state index in [-0.39, 0.29) is 17.4 Å². The SMILES string of the molecule is COc1cccc(OCc2c(-c3nc(-c4ccc(S(N)(=O)=O)cc4)no3)cnn2C)c1. The van der Waals surface area contributed by atoms with Crippen molar-refractivity contribution in [2.75, 3.05) is 7.11 Å². The van der Waals surface area contributed by atoms with E-state index < -0.39 is 10.0 Å². The van der Waals surface area contributed by atoms with Crippen molar-refractivity contribution in [3.63, 3.8) is 0 Å². The maximum Gasteiger partial charge on any atom is 0.261 e. The highest BCUT2D eigenvalue weighted by Crippen LogP contribution is 2.27. The zero-order valence-electron chi connectivity index (χ0n) is 16.7. The van der Waals surface area contributed by atoms with E-state index in [9.17, 15) is 8.42 Å². The van der Waals surface area contributed by atoms with Crippen LogP contribution in [-0.4, -0.2) is 35.4 Å². The molecule has 0 amide bonds. The van der Waals surface area contributed by atoms with Gasteiger partial charge < -0.3 is 14.0 Å². The fourth-order valence-corrected chi connectivity index (χ4v) is 3.41. The highest BCUT2D eigenvalue weighted by molar-refractivity contribution is 7.89. The van der Waals surface area contributed by atoms with Crippen LogP contribution >= 0.6 is 0 Å². The lowest BCUT2D eigenvalue weighted by Crippen LogP contribution is -2.11. The van der Waals surface area contributed by atoms with Crippen LogP contribution in [0.25, 0.3) is 22.8 Å². The van der Waals surface area contributed by atoms with E-state index in [1.54, 1.807) is 43.2 Å². The van der Waals surface area contributed by atoms with E-state index in [1.807, 2.05) is 18.2 Å². The normalized spacial score (nSPS) is 11.5. The molecular formula is C20H19N5O5S. The minimum atomic E-state index is -3.77. The van der Waals surface area contributed by atoms with Crippen LogP contribution in [0.4, 0.5) is 0 Å². The number of aromatic nitrogens is 4. The molecule has 0 saturated heterocycles. The smallest absolute Gasteiger partial charge is 0.261 e. The summed E-state index contributed by atoms with van der Waals surface area (Å²) in [6.07, 6.45) is 1.62. The van der Waals surface area contributed by atoms with Gasteiger partial charge in [0.15, 0.2) is 0 Å². The molecule has 0 saturated carbocycles. The van der Waals surface area contributed by atoms with Crippen LogP contribution in [0.1, 0.15) is 5.69 Å². The summed E-state index contributed by atoms with van der Waals surface area (Å²) in [5.41, 5.74) is 1.95. The molecule has 2 aromatic carbocycles. The van der Waals surface area contributed by atoms with Crippen molar-refractivity contribution < 1.29 is 22.4 Å². The number of ether oxygens (including phenoxy) is 2. The van der Waals surface area contributed by atoms with E-state index in [0.29, 0.717) is 28.5 Å². The highest BCUT2D eigenvalue weighted by atomic mass is 32.2. The van der Waals surface area contributed by atoms with Crippen molar-refractivity contribution in [2.24, 2.45) is 12.2 Å². The lowest BCUT2D eigenvalue weighted by Gasteiger charge is -2.09. The fraction of sp³-hybridized carbons (Fsp3) is 0.150. The number of aryl methyl sites for hydroxylation is 1. The molecule has 4 aromatic rings. The molecule has 160 valence electrons. The van der Waals surface area contributed by atoms with Crippen LogP contribution in [0.3, 0.4) is 0 Å².